The molecule has 5 heteroatoms. The van der Waals surface area contributed by atoms with Crippen LogP contribution in [0.15, 0.2) is 10.5 Å². The van der Waals surface area contributed by atoms with Gasteiger partial charge in [-0.15, -0.1) is 0 Å². The fourth-order valence-corrected chi connectivity index (χ4v) is 2.09. The number of phenolic OH excluding ortho intramolecular Hbond substituents is 1. The first kappa shape index (κ1) is 13.1. The summed E-state index contributed by atoms with van der Waals surface area (Å²) in [4.78, 5) is 0. The Hall–Kier alpha value is -0.940. The van der Waals surface area contributed by atoms with Crippen LogP contribution in [-0.4, -0.2) is 25.9 Å². The van der Waals surface area contributed by atoms with Gasteiger partial charge in [0.1, 0.15) is 0 Å². The topological polar surface area (TPSA) is 64.7 Å². The molecule has 0 amide bonds. The summed E-state index contributed by atoms with van der Waals surface area (Å²) in [7, 11) is 3.03. The van der Waals surface area contributed by atoms with E-state index in [1.807, 2.05) is 0 Å². The Kier molecular flexibility index (Phi) is 4.89. The molecule has 0 atom stereocenters. The van der Waals surface area contributed by atoms with Crippen molar-refractivity contribution in [2.45, 2.75) is 12.8 Å². The van der Waals surface area contributed by atoms with Gasteiger partial charge in [0, 0.05) is 10.0 Å². The lowest BCUT2D eigenvalue weighted by atomic mass is 10.1. The lowest BCUT2D eigenvalue weighted by Gasteiger charge is -2.14. The molecule has 0 saturated carbocycles. The van der Waals surface area contributed by atoms with Crippen molar-refractivity contribution in [3.8, 4) is 17.2 Å². The van der Waals surface area contributed by atoms with E-state index in [1.165, 1.54) is 14.2 Å². The second-order valence-electron chi connectivity index (χ2n) is 3.31. The third-order valence-electron chi connectivity index (χ3n) is 2.33. The van der Waals surface area contributed by atoms with Gasteiger partial charge in [0.2, 0.25) is 5.75 Å². The van der Waals surface area contributed by atoms with E-state index >= 15 is 0 Å². The number of nitrogens with two attached hydrogens (primary N) is 1. The molecule has 90 valence electrons. The predicted octanol–water partition coefficient (Wildman–Crippen LogP) is 2.06. The van der Waals surface area contributed by atoms with Crippen molar-refractivity contribution in [1.82, 2.24) is 0 Å². The quantitative estimate of drug-likeness (QED) is 0.871. The Balaban J connectivity index is 3.18. The normalized spacial score (nSPS) is 10.2. The molecule has 0 fully saturated rings. The maximum atomic E-state index is 10.0. The molecule has 0 unspecified atom stereocenters. The summed E-state index contributed by atoms with van der Waals surface area (Å²) in [6.07, 6.45) is 1.50. The molecule has 0 radical (unpaired) electrons. The highest BCUT2D eigenvalue weighted by Crippen LogP contribution is 2.43. The molecule has 0 aromatic heterocycles. The first-order valence-corrected chi connectivity index (χ1v) is 5.77. The molecule has 4 nitrogen and oxygen atoms in total. The van der Waals surface area contributed by atoms with Crippen LogP contribution in [0.3, 0.4) is 0 Å². The molecular formula is C11H16BrNO3. The van der Waals surface area contributed by atoms with Gasteiger partial charge in [-0.25, -0.2) is 0 Å². The van der Waals surface area contributed by atoms with E-state index in [-0.39, 0.29) is 5.75 Å². The zero-order chi connectivity index (χ0) is 12.1. The minimum atomic E-state index is 0.113. The Morgan fingerprint density at radius 1 is 1.38 bits per heavy atom. The van der Waals surface area contributed by atoms with Gasteiger partial charge in [0.15, 0.2) is 11.5 Å². The highest BCUT2D eigenvalue weighted by molar-refractivity contribution is 9.10. The van der Waals surface area contributed by atoms with Gasteiger partial charge in [-0.05, 0) is 25.5 Å². The van der Waals surface area contributed by atoms with Crippen LogP contribution in [-0.2, 0) is 6.42 Å². The summed E-state index contributed by atoms with van der Waals surface area (Å²) >= 11 is 3.40. The van der Waals surface area contributed by atoms with Gasteiger partial charge in [0.25, 0.3) is 0 Å². The van der Waals surface area contributed by atoms with Crippen LogP contribution in [0.4, 0.5) is 0 Å². The van der Waals surface area contributed by atoms with Crippen LogP contribution in [0, 0.1) is 0 Å². The van der Waals surface area contributed by atoms with Crippen molar-refractivity contribution < 1.29 is 14.6 Å². The first-order chi connectivity index (χ1) is 7.65. The van der Waals surface area contributed by atoms with Crippen LogP contribution in [0.5, 0.6) is 17.2 Å². The molecule has 1 aromatic carbocycles. The molecule has 0 bridgehead atoms. The summed E-state index contributed by atoms with van der Waals surface area (Å²) in [5.74, 6) is 0.975. The minimum absolute atomic E-state index is 0.113. The van der Waals surface area contributed by atoms with E-state index in [4.69, 9.17) is 15.2 Å². The third kappa shape index (κ3) is 2.59. The second-order valence-corrected chi connectivity index (χ2v) is 4.17. The van der Waals surface area contributed by atoms with Gasteiger partial charge in [-0.2, -0.15) is 0 Å². The lowest BCUT2D eigenvalue weighted by Crippen LogP contribution is -2.02. The monoisotopic (exact) mass is 289 g/mol. The number of phenols is 1. The highest BCUT2D eigenvalue weighted by atomic mass is 79.9. The molecule has 1 aromatic rings. The molecule has 3 N–H and O–H groups in total. The van der Waals surface area contributed by atoms with Crippen molar-refractivity contribution in [3.05, 3.63) is 16.1 Å². The summed E-state index contributed by atoms with van der Waals surface area (Å²) < 4.78 is 11.0. The van der Waals surface area contributed by atoms with Crippen LogP contribution in [0.25, 0.3) is 0 Å². The molecule has 0 aliphatic heterocycles. The Morgan fingerprint density at radius 2 is 2.06 bits per heavy atom. The predicted molar refractivity (Wildman–Crippen MR) is 66.3 cm³/mol. The number of hydrogen-bond acceptors (Lipinski definition) is 4. The highest BCUT2D eigenvalue weighted by Gasteiger charge is 2.17. The Morgan fingerprint density at radius 3 is 2.56 bits per heavy atom. The Bertz CT molecular complexity index is 369. The van der Waals surface area contributed by atoms with Crippen molar-refractivity contribution in [3.63, 3.8) is 0 Å². The van der Waals surface area contributed by atoms with E-state index in [0.29, 0.717) is 24.5 Å². The molecule has 1 rings (SSSR count). The van der Waals surface area contributed by atoms with Crippen molar-refractivity contribution >= 4 is 15.9 Å². The SMILES string of the molecule is COc1cc(Br)c(CCCN)c(O)c1OC. The number of ether oxygens (including phenoxy) is 2. The van der Waals surface area contributed by atoms with Gasteiger partial charge < -0.3 is 20.3 Å². The maximum Gasteiger partial charge on any atom is 0.203 e. The summed E-state index contributed by atoms with van der Waals surface area (Å²) in [5.41, 5.74) is 6.24. The second kappa shape index (κ2) is 5.96. The average Bonchev–Trinajstić information content (AvgIpc) is 2.28. The van der Waals surface area contributed by atoms with Crippen molar-refractivity contribution in [2.75, 3.05) is 20.8 Å². The fraction of sp³-hybridized carbons (Fsp3) is 0.455. The summed E-state index contributed by atoms with van der Waals surface area (Å²) in [5, 5.41) is 10.0. The summed E-state index contributed by atoms with van der Waals surface area (Å²) in [6, 6.07) is 1.78. The van der Waals surface area contributed by atoms with Gasteiger partial charge in [-0.3, -0.25) is 0 Å². The fourth-order valence-electron chi connectivity index (χ4n) is 1.50. The van der Waals surface area contributed by atoms with Crippen LogP contribution in [0.2, 0.25) is 0 Å². The molecular weight excluding hydrogens is 274 g/mol. The number of hydrogen-bond donors (Lipinski definition) is 2. The zero-order valence-electron chi connectivity index (χ0n) is 9.42. The van der Waals surface area contributed by atoms with Crippen LogP contribution < -0.4 is 15.2 Å². The molecule has 0 aliphatic carbocycles. The number of aromatic hydroxyl groups is 1. The number of rotatable bonds is 5. The number of halogens is 1. The van der Waals surface area contributed by atoms with E-state index in [1.54, 1.807) is 6.07 Å². The molecule has 0 saturated heterocycles. The van der Waals surface area contributed by atoms with E-state index < -0.39 is 0 Å². The maximum absolute atomic E-state index is 10.0. The van der Waals surface area contributed by atoms with Crippen molar-refractivity contribution in [1.29, 1.82) is 0 Å². The molecule has 0 heterocycles. The molecule has 0 aliphatic rings. The number of benzene rings is 1. The number of methoxy groups -OCH3 is 2. The lowest BCUT2D eigenvalue weighted by molar-refractivity contribution is 0.330. The van der Waals surface area contributed by atoms with Gasteiger partial charge in [0.05, 0.1) is 14.2 Å². The first-order valence-electron chi connectivity index (χ1n) is 4.98. The zero-order valence-corrected chi connectivity index (χ0v) is 11.0. The largest absolute Gasteiger partial charge is 0.504 e. The third-order valence-corrected chi connectivity index (χ3v) is 3.03. The minimum Gasteiger partial charge on any atom is -0.504 e. The smallest absolute Gasteiger partial charge is 0.203 e. The van der Waals surface area contributed by atoms with Gasteiger partial charge >= 0.3 is 0 Å². The van der Waals surface area contributed by atoms with Gasteiger partial charge in [-0.1, -0.05) is 15.9 Å². The Labute approximate surface area is 103 Å². The van der Waals surface area contributed by atoms with E-state index in [2.05, 4.69) is 15.9 Å². The summed E-state index contributed by atoms with van der Waals surface area (Å²) in [6.45, 7) is 0.584. The van der Waals surface area contributed by atoms with E-state index in [0.717, 1.165) is 16.5 Å². The van der Waals surface area contributed by atoms with E-state index in [9.17, 15) is 5.11 Å². The standard InChI is InChI=1S/C11H16BrNO3/c1-15-9-6-8(12)7(4-3-5-13)10(14)11(9)16-2/h6,14H,3-5,13H2,1-2H3. The van der Waals surface area contributed by atoms with Crippen LogP contribution >= 0.6 is 15.9 Å². The average molecular weight is 290 g/mol. The van der Waals surface area contributed by atoms with Crippen molar-refractivity contribution in [2.24, 2.45) is 5.73 Å². The molecule has 16 heavy (non-hydrogen) atoms. The van der Waals surface area contributed by atoms with Crippen LogP contribution in [0.1, 0.15) is 12.0 Å². The molecule has 0 spiro atoms.